The molecule has 80 valence electrons. The van der Waals surface area contributed by atoms with E-state index in [1.54, 1.807) is 6.92 Å². The van der Waals surface area contributed by atoms with Crippen molar-refractivity contribution < 1.29 is 14.7 Å². The van der Waals surface area contributed by atoms with Crippen LogP contribution in [0.4, 0.5) is 0 Å². The van der Waals surface area contributed by atoms with Gasteiger partial charge in [0.05, 0.1) is 18.2 Å². The molecule has 0 spiro atoms. The summed E-state index contributed by atoms with van der Waals surface area (Å²) in [7, 11) is 0. The lowest BCUT2D eigenvalue weighted by Gasteiger charge is -2.16. The fraction of sp³-hybridized carbons (Fsp3) is 0.750. The molecule has 1 saturated heterocycles. The van der Waals surface area contributed by atoms with Crippen molar-refractivity contribution in [1.29, 1.82) is 0 Å². The smallest absolute Gasteiger partial charge is 0.239 e. The van der Waals surface area contributed by atoms with Crippen molar-refractivity contribution >= 4 is 23.6 Å². The summed E-state index contributed by atoms with van der Waals surface area (Å²) in [5, 5.41) is 11.3. The van der Waals surface area contributed by atoms with Gasteiger partial charge in [-0.2, -0.15) is 0 Å². The van der Waals surface area contributed by atoms with Gasteiger partial charge in [0, 0.05) is 6.04 Å². The average Bonchev–Trinajstić information content (AvgIpc) is 2.51. The van der Waals surface area contributed by atoms with E-state index in [1.165, 1.54) is 16.7 Å². The molecule has 0 saturated carbocycles. The molecule has 1 aliphatic rings. The van der Waals surface area contributed by atoms with Crippen LogP contribution in [0.15, 0.2) is 0 Å². The summed E-state index contributed by atoms with van der Waals surface area (Å²) < 4.78 is 0. The quantitative estimate of drug-likeness (QED) is 0.636. The molecule has 1 aliphatic heterocycles. The maximum Gasteiger partial charge on any atom is 0.239 e. The molecule has 0 aromatic rings. The molecule has 0 bridgehead atoms. The number of hydrogen-bond donors (Lipinski definition) is 2. The van der Waals surface area contributed by atoms with Crippen molar-refractivity contribution in [3.8, 4) is 0 Å². The second-order valence-electron chi connectivity index (χ2n) is 3.22. The van der Waals surface area contributed by atoms with Gasteiger partial charge in [-0.1, -0.05) is 0 Å². The number of thioether (sulfide) groups is 1. The van der Waals surface area contributed by atoms with Gasteiger partial charge in [-0.05, 0) is 6.92 Å². The Morgan fingerprint density at radius 1 is 1.79 bits per heavy atom. The van der Waals surface area contributed by atoms with Crippen LogP contribution >= 0.6 is 11.8 Å². The van der Waals surface area contributed by atoms with Crippen molar-refractivity contribution in [1.82, 2.24) is 10.2 Å². The standard InChI is InChI=1S/C8H14N2O3S/c1-6(3-11)9-7(12)2-10-5-14-4-8(10)13/h6,11H,2-5H2,1H3,(H,9,12). The highest BCUT2D eigenvalue weighted by atomic mass is 32.2. The Hall–Kier alpha value is -0.750. The van der Waals surface area contributed by atoms with Gasteiger partial charge >= 0.3 is 0 Å². The second-order valence-corrected chi connectivity index (χ2v) is 4.18. The average molecular weight is 218 g/mol. The summed E-state index contributed by atoms with van der Waals surface area (Å²) in [6, 6.07) is -0.257. The van der Waals surface area contributed by atoms with Crippen LogP contribution < -0.4 is 5.32 Å². The number of hydrogen-bond acceptors (Lipinski definition) is 4. The van der Waals surface area contributed by atoms with Crippen LogP contribution in [0.3, 0.4) is 0 Å². The van der Waals surface area contributed by atoms with E-state index in [9.17, 15) is 9.59 Å². The summed E-state index contributed by atoms with van der Waals surface area (Å²) in [4.78, 5) is 23.9. The predicted molar refractivity (Wildman–Crippen MR) is 53.7 cm³/mol. The van der Waals surface area contributed by atoms with Crippen molar-refractivity contribution in [2.75, 3.05) is 24.8 Å². The molecule has 2 N–H and O–H groups in total. The molecule has 2 amide bonds. The maximum absolute atomic E-state index is 11.3. The van der Waals surface area contributed by atoms with Crippen LogP contribution in [-0.4, -0.2) is 52.6 Å². The lowest BCUT2D eigenvalue weighted by atomic mass is 10.3. The Labute approximate surface area is 86.8 Å². The third-order valence-corrected chi connectivity index (χ3v) is 2.79. The van der Waals surface area contributed by atoms with Gasteiger partial charge in [0.15, 0.2) is 0 Å². The molecule has 0 aromatic carbocycles. The van der Waals surface area contributed by atoms with Crippen LogP contribution in [-0.2, 0) is 9.59 Å². The summed E-state index contributed by atoms with van der Waals surface area (Å²) in [6.45, 7) is 1.71. The van der Waals surface area contributed by atoms with Crippen LogP contribution in [0.1, 0.15) is 6.92 Å². The van der Waals surface area contributed by atoms with E-state index in [2.05, 4.69) is 5.32 Å². The Morgan fingerprint density at radius 2 is 2.50 bits per heavy atom. The third kappa shape index (κ3) is 3.19. The lowest BCUT2D eigenvalue weighted by molar-refractivity contribution is -0.132. The van der Waals surface area contributed by atoms with Crippen molar-refractivity contribution in [3.63, 3.8) is 0 Å². The number of aliphatic hydroxyl groups excluding tert-OH is 1. The minimum atomic E-state index is -0.257. The number of aliphatic hydroxyl groups is 1. The summed E-state index contributed by atoms with van der Waals surface area (Å²) in [5.74, 6) is 0.826. The summed E-state index contributed by atoms with van der Waals surface area (Å²) >= 11 is 1.50. The van der Waals surface area contributed by atoms with Crippen molar-refractivity contribution in [3.05, 3.63) is 0 Å². The van der Waals surface area contributed by atoms with E-state index in [-0.39, 0.29) is 31.0 Å². The Morgan fingerprint density at radius 3 is 3.00 bits per heavy atom. The normalized spacial score (nSPS) is 18.4. The number of rotatable bonds is 4. The zero-order valence-corrected chi connectivity index (χ0v) is 8.84. The lowest BCUT2D eigenvalue weighted by Crippen LogP contribution is -2.42. The minimum Gasteiger partial charge on any atom is -0.394 e. The minimum absolute atomic E-state index is 0.00167. The Kier molecular flexibility index (Phi) is 4.21. The van der Waals surface area contributed by atoms with Gasteiger partial charge in [-0.3, -0.25) is 9.59 Å². The van der Waals surface area contributed by atoms with Crippen molar-refractivity contribution in [2.24, 2.45) is 0 Å². The van der Waals surface area contributed by atoms with Gasteiger partial charge in [-0.25, -0.2) is 0 Å². The molecule has 5 nitrogen and oxygen atoms in total. The molecule has 6 heteroatoms. The number of nitrogens with one attached hydrogen (secondary N) is 1. The van der Waals surface area contributed by atoms with E-state index >= 15 is 0 Å². The highest BCUT2D eigenvalue weighted by Gasteiger charge is 2.23. The Balaban J connectivity index is 2.29. The van der Waals surface area contributed by atoms with Crippen molar-refractivity contribution in [2.45, 2.75) is 13.0 Å². The molecule has 14 heavy (non-hydrogen) atoms. The number of nitrogens with zero attached hydrogens (tertiary/aromatic N) is 1. The van der Waals surface area contributed by atoms with E-state index < -0.39 is 0 Å². The maximum atomic E-state index is 11.3. The molecule has 1 unspecified atom stereocenters. The molecule has 1 fully saturated rings. The first-order valence-electron chi connectivity index (χ1n) is 4.39. The molecule has 0 aliphatic carbocycles. The first kappa shape index (κ1) is 11.3. The first-order chi connectivity index (χ1) is 6.63. The van der Waals surface area contributed by atoms with Gasteiger partial charge in [0.1, 0.15) is 6.54 Å². The number of carbonyl (C=O) groups is 2. The zero-order valence-electron chi connectivity index (χ0n) is 8.02. The summed E-state index contributed by atoms with van der Waals surface area (Å²) in [6.07, 6.45) is 0. The first-order valence-corrected chi connectivity index (χ1v) is 5.54. The van der Waals surface area contributed by atoms with E-state index in [0.29, 0.717) is 11.6 Å². The SMILES string of the molecule is CC(CO)NC(=O)CN1CSCC1=O. The van der Waals surface area contributed by atoms with E-state index in [4.69, 9.17) is 5.11 Å². The fourth-order valence-electron chi connectivity index (χ4n) is 1.08. The highest BCUT2D eigenvalue weighted by Crippen LogP contribution is 2.13. The molecule has 0 aromatic heterocycles. The molecule has 0 radical (unpaired) electrons. The van der Waals surface area contributed by atoms with E-state index in [0.717, 1.165) is 0 Å². The summed E-state index contributed by atoms with van der Waals surface area (Å²) in [5.41, 5.74) is 0. The fourth-order valence-corrected chi connectivity index (χ4v) is 1.98. The Bertz CT molecular complexity index is 235. The van der Waals surface area contributed by atoms with Crippen LogP contribution in [0.25, 0.3) is 0 Å². The van der Waals surface area contributed by atoms with Crippen LogP contribution in [0.2, 0.25) is 0 Å². The molecular weight excluding hydrogens is 204 g/mol. The largest absolute Gasteiger partial charge is 0.394 e. The van der Waals surface area contributed by atoms with Gasteiger partial charge in [0.2, 0.25) is 11.8 Å². The highest BCUT2D eigenvalue weighted by molar-refractivity contribution is 8.00. The zero-order chi connectivity index (χ0) is 10.6. The third-order valence-electron chi connectivity index (χ3n) is 1.84. The topological polar surface area (TPSA) is 69.6 Å². The van der Waals surface area contributed by atoms with Gasteiger partial charge < -0.3 is 15.3 Å². The second kappa shape index (κ2) is 5.21. The van der Waals surface area contributed by atoms with Crippen LogP contribution in [0.5, 0.6) is 0 Å². The molecular formula is C8H14N2O3S. The monoisotopic (exact) mass is 218 g/mol. The predicted octanol–water partition coefficient (Wildman–Crippen LogP) is -0.984. The van der Waals surface area contributed by atoms with Crippen LogP contribution in [0, 0.1) is 0 Å². The number of amides is 2. The molecule has 1 rings (SSSR count). The van der Waals surface area contributed by atoms with E-state index in [1.807, 2.05) is 0 Å². The number of carbonyl (C=O) groups excluding carboxylic acids is 2. The molecule has 1 heterocycles. The van der Waals surface area contributed by atoms with Gasteiger partial charge in [-0.15, -0.1) is 11.8 Å². The van der Waals surface area contributed by atoms with Gasteiger partial charge in [0.25, 0.3) is 0 Å². The molecule has 1 atom stereocenters.